The standard InChI is InChI=1S/C17H18N2O4/c1-2-16(14-9-6-10-15(11-14)19(21)22)18-17(20)23-12-13-7-4-3-5-8-13/h3-11,16H,2,12H2,1H3,(H,18,20)/t16-/m0/s1. The van der Waals surface area contributed by atoms with E-state index in [0.29, 0.717) is 12.0 Å². The molecule has 2 aromatic carbocycles. The first-order valence-corrected chi connectivity index (χ1v) is 7.31. The highest BCUT2D eigenvalue weighted by molar-refractivity contribution is 5.68. The number of amides is 1. The molecule has 0 spiro atoms. The summed E-state index contributed by atoms with van der Waals surface area (Å²) in [5.74, 6) is 0. The van der Waals surface area contributed by atoms with E-state index in [1.54, 1.807) is 12.1 Å². The van der Waals surface area contributed by atoms with Crippen LogP contribution in [-0.4, -0.2) is 11.0 Å². The van der Waals surface area contributed by atoms with E-state index in [-0.39, 0.29) is 18.3 Å². The van der Waals surface area contributed by atoms with Gasteiger partial charge in [-0.25, -0.2) is 4.79 Å². The Hall–Kier alpha value is -2.89. The highest BCUT2D eigenvalue weighted by atomic mass is 16.6. The molecule has 6 heteroatoms. The van der Waals surface area contributed by atoms with E-state index in [1.807, 2.05) is 37.3 Å². The Morgan fingerprint density at radius 2 is 1.96 bits per heavy atom. The second-order valence-electron chi connectivity index (χ2n) is 5.02. The number of benzene rings is 2. The van der Waals surface area contributed by atoms with Crippen molar-refractivity contribution in [2.75, 3.05) is 0 Å². The van der Waals surface area contributed by atoms with Crippen molar-refractivity contribution in [1.82, 2.24) is 5.32 Å². The fourth-order valence-corrected chi connectivity index (χ4v) is 2.18. The lowest BCUT2D eigenvalue weighted by Crippen LogP contribution is -2.28. The van der Waals surface area contributed by atoms with Crippen LogP contribution in [0.5, 0.6) is 0 Å². The van der Waals surface area contributed by atoms with Gasteiger partial charge in [0.1, 0.15) is 6.61 Å². The van der Waals surface area contributed by atoms with Gasteiger partial charge in [-0.3, -0.25) is 10.1 Å². The molecule has 0 radical (unpaired) electrons. The molecule has 23 heavy (non-hydrogen) atoms. The molecule has 0 unspecified atom stereocenters. The number of hydrogen-bond acceptors (Lipinski definition) is 4. The van der Waals surface area contributed by atoms with Crippen molar-refractivity contribution in [3.63, 3.8) is 0 Å². The Morgan fingerprint density at radius 3 is 2.61 bits per heavy atom. The smallest absolute Gasteiger partial charge is 0.407 e. The van der Waals surface area contributed by atoms with E-state index in [4.69, 9.17) is 4.74 Å². The summed E-state index contributed by atoms with van der Waals surface area (Å²) in [4.78, 5) is 22.3. The average Bonchev–Trinajstić information content (AvgIpc) is 2.59. The van der Waals surface area contributed by atoms with Crippen molar-refractivity contribution in [3.8, 4) is 0 Å². The quantitative estimate of drug-likeness (QED) is 0.646. The minimum Gasteiger partial charge on any atom is -0.445 e. The van der Waals surface area contributed by atoms with E-state index >= 15 is 0 Å². The molecule has 120 valence electrons. The van der Waals surface area contributed by atoms with Crippen molar-refractivity contribution in [2.45, 2.75) is 26.0 Å². The van der Waals surface area contributed by atoms with Crippen molar-refractivity contribution in [2.24, 2.45) is 0 Å². The minimum atomic E-state index is -0.549. The van der Waals surface area contributed by atoms with Crippen LogP contribution in [0.2, 0.25) is 0 Å². The molecular weight excluding hydrogens is 296 g/mol. The zero-order valence-corrected chi connectivity index (χ0v) is 12.8. The summed E-state index contributed by atoms with van der Waals surface area (Å²) >= 11 is 0. The molecule has 6 nitrogen and oxygen atoms in total. The maximum Gasteiger partial charge on any atom is 0.407 e. The summed E-state index contributed by atoms with van der Waals surface area (Å²) in [7, 11) is 0. The molecule has 0 bridgehead atoms. The van der Waals surface area contributed by atoms with Gasteiger partial charge >= 0.3 is 6.09 Å². The lowest BCUT2D eigenvalue weighted by molar-refractivity contribution is -0.384. The van der Waals surface area contributed by atoms with Gasteiger partial charge in [0.15, 0.2) is 0 Å². The number of ether oxygens (including phenoxy) is 1. The van der Waals surface area contributed by atoms with Gasteiger partial charge in [0.2, 0.25) is 0 Å². The number of nitro groups is 1. The third-order valence-corrected chi connectivity index (χ3v) is 3.40. The monoisotopic (exact) mass is 314 g/mol. The third-order valence-electron chi connectivity index (χ3n) is 3.40. The number of non-ortho nitro benzene ring substituents is 1. The molecule has 0 aliphatic rings. The molecule has 2 rings (SSSR count). The fraction of sp³-hybridized carbons (Fsp3) is 0.235. The zero-order chi connectivity index (χ0) is 16.7. The number of alkyl carbamates (subject to hydrolysis) is 1. The molecule has 2 aromatic rings. The van der Waals surface area contributed by atoms with Crippen LogP contribution >= 0.6 is 0 Å². The predicted octanol–water partition coefficient (Wildman–Crippen LogP) is 3.97. The van der Waals surface area contributed by atoms with Crippen LogP contribution in [0, 0.1) is 10.1 Å². The number of hydrogen-bond donors (Lipinski definition) is 1. The maximum absolute atomic E-state index is 11.9. The Morgan fingerprint density at radius 1 is 1.22 bits per heavy atom. The molecule has 0 aliphatic heterocycles. The van der Waals surface area contributed by atoms with E-state index in [2.05, 4.69) is 5.32 Å². The second kappa shape index (κ2) is 7.93. The van der Waals surface area contributed by atoms with Crippen LogP contribution in [-0.2, 0) is 11.3 Å². The lowest BCUT2D eigenvalue weighted by Gasteiger charge is -2.17. The zero-order valence-electron chi connectivity index (χ0n) is 12.8. The predicted molar refractivity (Wildman–Crippen MR) is 85.9 cm³/mol. The van der Waals surface area contributed by atoms with Gasteiger partial charge < -0.3 is 10.1 Å². The molecule has 0 aliphatic carbocycles. The van der Waals surface area contributed by atoms with Gasteiger partial charge in [-0.05, 0) is 17.5 Å². The molecule has 1 N–H and O–H groups in total. The van der Waals surface area contributed by atoms with Gasteiger partial charge in [0.05, 0.1) is 11.0 Å². The van der Waals surface area contributed by atoms with Gasteiger partial charge in [0.25, 0.3) is 5.69 Å². The second-order valence-corrected chi connectivity index (χ2v) is 5.02. The fourth-order valence-electron chi connectivity index (χ4n) is 2.18. The van der Waals surface area contributed by atoms with Gasteiger partial charge in [-0.1, -0.05) is 49.4 Å². The largest absolute Gasteiger partial charge is 0.445 e. The Labute approximate surface area is 134 Å². The topological polar surface area (TPSA) is 81.5 Å². The van der Waals surface area contributed by atoms with Gasteiger partial charge in [-0.2, -0.15) is 0 Å². The van der Waals surface area contributed by atoms with Crippen LogP contribution in [0.3, 0.4) is 0 Å². The minimum absolute atomic E-state index is 0.000373. The molecule has 0 fully saturated rings. The number of carbonyl (C=O) groups is 1. The van der Waals surface area contributed by atoms with E-state index in [1.165, 1.54) is 12.1 Å². The van der Waals surface area contributed by atoms with E-state index < -0.39 is 11.0 Å². The Bertz CT molecular complexity index is 673. The first-order chi connectivity index (χ1) is 11.1. The van der Waals surface area contributed by atoms with Crippen LogP contribution in [0.25, 0.3) is 0 Å². The molecule has 1 amide bonds. The van der Waals surface area contributed by atoms with Crippen LogP contribution in [0.1, 0.15) is 30.5 Å². The van der Waals surface area contributed by atoms with Crippen LogP contribution in [0.15, 0.2) is 54.6 Å². The molecule has 1 atom stereocenters. The average molecular weight is 314 g/mol. The molecule has 0 heterocycles. The summed E-state index contributed by atoms with van der Waals surface area (Å²) in [6.07, 6.45) is 0.0499. The summed E-state index contributed by atoms with van der Waals surface area (Å²) in [6, 6.07) is 15.3. The first-order valence-electron chi connectivity index (χ1n) is 7.31. The SMILES string of the molecule is CC[C@H](NC(=O)OCc1ccccc1)c1cccc([N+](=O)[O-])c1. The van der Waals surface area contributed by atoms with Crippen molar-refractivity contribution in [3.05, 3.63) is 75.8 Å². The van der Waals surface area contributed by atoms with Crippen LogP contribution in [0.4, 0.5) is 10.5 Å². The first kappa shape index (κ1) is 16.5. The summed E-state index contributed by atoms with van der Waals surface area (Å²) in [5.41, 5.74) is 1.57. The van der Waals surface area contributed by atoms with Crippen molar-refractivity contribution < 1.29 is 14.5 Å². The molecule has 0 saturated carbocycles. The molecular formula is C17H18N2O4. The number of carbonyl (C=O) groups excluding carboxylic acids is 1. The highest BCUT2D eigenvalue weighted by Gasteiger charge is 2.16. The third kappa shape index (κ3) is 4.81. The summed E-state index contributed by atoms with van der Waals surface area (Å²) in [5, 5.41) is 13.6. The normalized spacial score (nSPS) is 11.5. The molecule has 0 aromatic heterocycles. The highest BCUT2D eigenvalue weighted by Crippen LogP contribution is 2.21. The van der Waals surface area contributed by atoms with Gasteiger partial charge in [0, 0.05) is 12.1 Å². The maximum atomic E-state index is 11.9. The van der Waals surface area contributed by atoms with E-state index in [9.17, 15) is 14.9 Å². The summed E-state index contributed by atoms with van der Waals surface area (Å²) < 4.78 is 5.18. The number of rotatable bonds is 6. The van der Waals surface area contributed by atoms with Crippen molar-refractivity contribution in [1.29, 1.82) is 0 Å². The van der Waals surface area contributed by atoms with Crippen molar-refractivity contribution >= 4 is 11.8 Å². The van der Waals surface area contributed by atoms with Gasteiger partial charge in [-0.15, -0.1) is 0 Å². The lowest BCUT2D eigenvalue weighted by atomic mass is 10.0. The number of nitrogens with zero attached hydrogens (tertiary/aromatic N) is 1. The van der Waals surface area contributed by atoms with E-state index in [0.717, 1.165) is 5.56 Å². The number of nitrogens with one attached hydrogen (secondary N) is 1. The van der Waals surface area contributed by atoms with Crippen LogP contribution < -0.4 is 5.32 Å². The Kier molecular flexibility index (Phi) is 5.68. The summed E-state index contributed by atoms with van der Waals surface area (Å²) in [6.45, 7) is 2.07. The Balaban J connectivity index is 1.97. The molecule has 0 saturated heterocycles. The number of nitro benzene ring substituents is 1.